The monoisotopic (exact) mass is 733 g/mol. The minimum atomic E-state index is -1.67. The Morgan fingerprint density at radius 1 is 1.35 bits per heavy atom. The number of halogens is 1. The molecule has 0 spiro atoms. The van der Waals surface area contributed by atoms with Gasteiger partial charge < -0.3 is 29.2 Å². The van der Waals surface area contributed by atoms with Crippen LogP contribution in [0.25, 0.3) is 0 Å². The average molecular weight is 734 g/mol. The fourth-order valence-electron chi connectivity index (χ4n) is 5.15. The third kappa shape index (κ3) is 8.25. The van der Waals surface area contributed by atoms with Crippen molar-refractivity contribution < 1.29 is 23.3 Å². The number of nitrogens with one attached hydrogen (secondary N) is 3. The number of amides is 1. The number of carbonyl (C=O) groups is 1. The molecule has 18 heteroatoms. The minimum absolute atomic E-state index is 0.0678. The van der Waals surface area contributed by atoms with Crippen LogP contribution >= 0.6 is 31.1 Å². The van der Waals surface area contributed by atoms with E-state index in [1.54, 1.807) is 33.5 Å². The molecule has 3 unspecified atom stereocenters. The van der Waals surface area contributed by atoms with Crippen LogP contribution in [0.4, 0.5) is 4.79 Å². The Morgan fingerprint density at radius 2 is 2.12 bits per heavy atom. The van der Waals surface area contributed by atoms with Crippen molar-refractivity contribution in [3.63, 3.8) is 0 Å². The second-order valence-corrected chi connectivity index (χ2v) is 13.1. The lowest BCUT2D eigenvalue weighted by molar-refractivity contribution is -0.180. The number of aromatic amines is 1. The molecule has 0 radical (unpaired) electrons. The Morgan fingerprint density at radius 3 is 2.79 bits per heavy atom. The fourth-order valence-corrected chi connectivity index (χ4v) is 7.23. The van der Waals surface area contributed by atoms with E-state index in [0.29, 0.717) is 25.3 Å². The maximum absolute atomic E-state index is 12.8. The molecule has 2 aliphatic heterocycles. The summed E-state index contributed by atoms with van der Waals surface area (Å²) in [6, 6.07) is 3.49. The van der Waals surface area contributed by atoms with Gasteiger partial charge in [-0.1, -0.05) is 5.21 Å². The van der Waals surface area contributed by atoms with Crippen LogP contribution in [0.15, 0.2) is 28.0 Å². The Bertz CT molecular complexity index is 1390. The van der Waals surface area contributed by atoms with E-state index in [2.05, 4.69) is 36.7 Å². The average Bonchev–Trinajstić information content (AvgIpc) is 3.59. The van der Waals surface area contributed by atoms with Crippen LogP contribution in [0.3, 0.4) is 0 Å². The number of aromatic nitrogens is 5. The summed E-state index contributed by atoms with van der Waals surface area (Å²) in [6.07, 6.45) is 1.09. The lowest BCUT2D eigenvalue weighted by Crippen LogP contribution is -2.46. The van der Waals surface area contributed by atoms with E-state index in [4.69, 9.17) is 23.8 Å². The Balaban J connectivity index is 1.60. The molecule has 4 rings (SSSR count). The summed E-state index contributed by atoms with van der Waals surface area (Å²) >= 11 is 1.68. The Kier molecular flexibility index (Phi) is 11.8. The highest BCUT2D eigenvalue weighted by Crippen LogP contribution is 2.55. The van der Waals surface area contributed by atoms with E-state index in [-0.39, 0.29) is 42.2 Å². The van der Waals surface area contributed by atoms with E-state index in [9.17, 15) is 14.4 Å². The van der Waals surface area contributed by atoms with Crippen molar-refractivity contribution in [1.29, 1.82) is 5.26 Å². The number of fused-ring (bicyclic) bond motifs is 2. The maximum atomic E-state index is 12.8. The van der Waals surface area contributed by atoms with Crippen molar-refractivity contribution in [3.05, 3.63) is 45.0 Å². The highest BCUT2D eigenvalue weighted by Gasteiger charge is 2.64. The summed E-state index contributed by atoms with van der Waals surface area (Å²) in [4.78, 5) is 37.8. The number of H-pyrrole nitrogens is 1. The molecule has 4 heterocycles. The number of nitriles is 1. The number of nitrogens with zero attached hydrogens (tertiary/aromatic N) is 6. The first-order chi connectivity index (χ1) is 20.5. The molecule has 5 atom stereocenters. The first kappa shape index (κ1) is 33.6. The van der Waals surface area contributed by atoms with Crippen molar-refractivity contribution in [1.82, 2.24) is 39.8 Å². The normalized spacial score (nSPS) is 23.7. The Hall–Kier alpha value is -2.30. The number of hydrogen-bond acceptors (Lipinski definition) is 12. The van der Waals surface area contributed by atoms with Gasteiger partial charge in [-0.25, -0.2) is 14.1 Å². The van der Waals surface area contributed by atoms with Gasteiger partial charge in [0, 0.05) is 72.8 Å². The van der Waals surface area contributed by atoms with Crippen molar-refractivity contribution in [2.24, 2.45) is 0 Å². The molecule has 236 valence electrons. The lowest BCUT2D eigenvalue weighted by atomic mass is 9.99. The number of rotatable bonds is 16. The SMILES string of the molecule is CC(C)N(C(C)C)P(OCCC#N)OC1C2OC[C@]1(Cn1cc(CNCCNC(=O)I)nn1)O[C@H]2n1ccc(=O)[nH]c1=O. The second-order valence-electron chi connectivity index (χ2n) is 10.7. The predicted molar refractivity (Wildman–Crippen MR) is 163 cm³/mol. The molecule has 1 amide bonds. The third-order valence-corrected chi connectivity index (χ3v) is 9.35. The Labute approximate surface area is 263 Å². The molecule has 2 aromatic rings. The van der Waals surface area contributed by atoms with E-state index < -0.39 is 43.8 Å². The molecule has 2 bridgehead atoms. The molecular weight excluding hydrogens is 696 g/mol. The quantitative estimate of drug-likeness (QED) is 0.0741. The molecule has 0 aliphatic carbocycles. The molecule has 2 fully saturated rings. The van der Waals surface area contributed by atoms with Gasteiger partial charge in [0.15, 0.2) is 6.23 Å². The fraction of sp³-hybridized carbons (Fsp3) is 0.680. The van der Waals surface area contributed by atoms with Crippen LogP contribution < -0.4 is 21.9 Å². The van der Waals surface area contributed by atoms with Crippen LogP contribution in [0.1, 0.15) is 46.0 Å². The van der Waals surface area contributed by atoms with Crippen LogP contribution in [-0.2, 0) is 31.6 Å². The van der Waals surface area contributed by atoms with E-state index in [0.717, 1.165) is 0 Å². The minimum Gasteiger partial charge on any atom is -0.367 e. The molecule has 16 nitrogen and oxygen atoms in total. The zero-order chi connectivity index (χ0) is 31.1. The van der Waals surface area contributed by atoms with Gasteiger partial charge in [0.05, 0.1) is 37.9 Å². The van der Waals surface area contributed by atoms with E-state index in [1.165, 1.54) is 16.8 Å². The first-order valence-corrected chi connectivity index (χ1v) is 16.1. The molecule has 43 heavy (non-hydrogen) atoms. The van der Waals surface area contributed by atoms with Gasteiger partial charge in [0.1, 0.15) is 17.8 Å². The van der Waals surface area contributed by atoms with Crippen LogP contribution in [-0.4, -0.2) is 89.3 Å². The highest BCUT2D eigenvalue weighted by atomic mass is 127. The van der Waals surface area contributed by atoms with Gasteiger partial charge in [-0.15, -0.1) is 5.10 Å². The predicted octanol–water partition coefficient (Wildman–Crippen LogP) is 1.39. The van der Waals surface area contributed by atoms with Crippen LogP contribution in [0, 0.1) is 11.3 Å². The van der Waals surface area contributed by atoms with Gasteiger partial charge in [-0.2, -0.15) is 5.26 Å². The smallest absolute Gasteiger partial charge is 0.330 e. The molecule has 2 aliphatic rings. The largest absolute Gasteiger partial charge is 0.367 e. The number of ether oxygens (including phenoxy) is 2. The van der Waals surface area contributed by atoms with Gasteiger partial charge in [-0.05, 0) is 27.7 Å². The summed E-state index contributed by atoms with van der Waals surface area (Å²) in [7, 11) is -1.67. The maximum Gasteiger partial charge on any atom is 0.330 e. The van der Waals surface area contributed by atoms with Gasteiger partial charge in [-0.3, -0.25) is 19.1 Å². The van der Waals surface area contributed by atoms with E-state index >= 15 is 0 Å². The molecule has 2 saturated heterocycles. The molecule has 0 aromatic carbocycles. The summed E-state index contributed by atoms with van der Waals surface area (Å²) in [5, 5.41) is 23.6. The molecule has 3 N–H and O–H groups in total. The van der Waals surface area contributed by atoms with Gasteiger partial charge >= 0.3 is 5.69 Å². The zero-order valence-corrected chi connectivity index (χ0v) is 27.5. The van der Waals surface area contributed by atoms with Crippen LogP contribution in [0.5, 0.6) is 0 Å². The van der Waals surface area contributed by atoms with Gasteiger partial charge in [0.2, 0.25) is 0 Å². The molecular formula is C25H37IN9O7P. The van der Waals surface area contributed by atoms with Crippen molar-refractivity contribution >= 4 is 35.0 Å². The summed E-state index contributed by atoms with van der Waals surface area (Å²) in [5.74, 6) is 0. The first-order valence-electron chi connectivity index (χ1n) is 13.9. The number of carbonyl (C=O) groups excluding carboxylic acids is 1. The molecule has 2 aromatic heterocycles. The second kappa shape index (κ2) is 15.1. The molecule has 0 saturated carbocycles. The lowest BCUT2D eigenvalue weighted by Gasteiger charge is -2.38. The van der Waals surface area contributed by atoms with Crippen molar-refractivity contribution in [2.45, 2.75) is 83.3 Å². The van der Waals surface area contributed by atoms with E-state index in [1.807, 2.05) is 27.7 Å². The summed E-state index contributed by atoms with van der Waals surface area (Å²) < 4.78 is 30.6. The van der Waals surface area contributed by atoms with Crippen molar-refractivity contribution in [2.75, 3.05) is 26.3 Å². The van der Waals surface area contributed by atoms with Gasteiger partial charge in [0.25, 0.3) is 18.0 Å². The van der Waals surface area contributed by atoms with Crippen LogP contribution in [0.2, 0.25) is 0 Å². The van der Waals surface area contributed by atoms with Crippen molar-refractivity contribution in [3.8, 4) is 6.07 Å². The number of hydrogen-bond donors (Lipinski definition) is 3. The summed E-state index contributed by atoms with van der Waals surface area (Å²) in [6.45, 7) is 10.2. The standard InChI is InChI=1S/C25H37IN9O7P/c1-16(2)35(17(3)4)43(40-11-5-7-27)42-21-20-22(34-10-6-19(36)30-24(34)38)41-25(21,15-39-20)14-33-13-18(31-32-33)12-28-8-9-29-23(26)37/h6,10,13,16-17,20-22,28H,5,8-9,11-12,14-15H2,1-4H3,(H,29,37)(H,30,36,38)/t20?,21?,22-,25+,43?/m1/s1. The highest BCUT2D eigenvalue weighted by molar-refractivity contribution is 14.1. The summed E-state index contributed by atoms with van der Waals surface area (Å²) in [5.41, 5.74) is -1.54. The third-order valence-electron chi connectivity index (χ3n) is 6.85. The zero-order valence-electron chi connectivity index (χ0n) is 24.4. The topological polar surface area (TPSA) is 191 Å².